The molecule has 0 bridgehead atoms. The van der Waals surface area contributed by atoms with Gasteiger partial charge in [0.1, 0.15) is 0 Å². The van der Waals surface area contributed by atoms with Gasteiger partial charge in [-0.15, -0.1) is 0 Å². The van der Waals surface area contributed by atoms with Crippen molar-refractivity contribution in [1.29, 1.82) is 0 Å². The molecule has 0 radical (unpaired) electrons. The van der Waals surface area contributed by atoms with E-state index in [4.69, 9.17) is 0 Å². The van der Waals surface area contributed by atoms with Crippen LogP contribution in [0.25, 0.3) is 0 Å². The van der Waals surface area contributed by atoms with Crippen LogP contribution < -0.4 is 0 Å². The minimum Gasteiger partial charge on any atom is -0.302 e. The fraction of sp³-hybridized carbons (Fsp3) is 0.571. The molecule has 0 aromatic heterocycles. The number of hydrogen-bond acceptors (Lipinski definition) is 3. The summed E-state index contributed by atoms with van der Waals surface area (Å²) >= 11 is 0. The number of nitrogens with zero attached hydrogens (tertiary/aromatic N) is 2. The molecular weight excluding hydrogens is 260 g/mol. The molecule has 1 saturated heterocycles. The fourth-order valence-electron chi connectivity index (χ4n) is 2.47. The van der Waals surface area contributed by atoms with Gasteiger partial charge in [0, 0.05) is 19.6 Å². The summed E-state index contributed by atoms with van der Waals surface area (Å²) in [6.45, 7) is 6.26. The first-order valence-corrected chi connectivity index (χ1v) is 8.36. The van der Waals surface area contributed by atoms with Crippen LogP contribution in [0.4, 0.5) is 0 Å². The van der Waals surface area contributed by atoms with Crippen LogP contribution in [-0.2, 0) is 10.0 Å². The van der Waals surface area contributed by atoms with Gasteiger partial charge in [-0.1, -0.05) is 25.1 Å². The second kappa shape index (κ2) is 6.50. The van der Waals surface area contributed by atoms with Crippen molar-refractivity contribution in [3.63, 3.8) is 0 Å². The number of hydrogen-bond donors (Lipinski definition) is 0. The van der Waals surface area contributed by atoms with E-state index in [9.17, 15) is 8.42 Å². The van der Waals surface area contributed by atoms with Gasteiger partial charge >= 0.3 is 0 Å². The Morgan fingerprint density at radius 1 is 1.05 bits per heavy atom. The lowest BCUT2D eigenvalue weighted by Gasteiger charge is -2.21. The molecule has 1 aromatic rings. The van der Waals surface area contributed by atoms with Crippen molar-refractivity contribution < 1.29 is 8.42 Å². The fourth-order valence-corrected chi connectivity index (χ4v) is 3.96. The number of sulfonamides is 1. The van der Waals surface area contributed by atoms with E-state index in [0.29, 0.717) is 18.0 Å². The molecule has 0 amide bonds. The molecule has 2 rings (SSSR count). The van der Waals surface area contributed by atoms with E-state index in [2.05, 4.69) is 11.8 Å². The summed E-state index contributed by atoms with van der Waals surface area (Å²) in [5, 5.41) is 0. The summed E-state index contributed by atoms with van der Waals surface area (Å²) in [4.78, 5) is 2.75. The van der Waals surface area contributed by atoms with Crippen LogP contribution in [0.3, 0.4) is 0 Å². The molecule has 0 N–H and O–H groups in total. The Hall–Kier alpha value is -0.910. The van der Waals surface area contributed by atoms with Crippen molar-refractivity contribution in [2.24, 2.45) is 0 Å². The lowest BCUT2D eigenvalue weighted by atomic mass is 10.3. The quantitative estimate of drug-likeness (QED) is 0.845. The summed E-state index contributed by atoms with van der Waals surface area (Å²) in [6.07, 6.45) is 2.03. The van der Waals surface area contributed by atoms with Crippen molar-refractivity contribution in [3.05, 3.63) is 30.3 Å². The van der Waals surface area contributed by atoms with Crippen molar-refractivity contribution in [2.75, 3.05) is 32.7 Å². The van der Waals surface area contributed by atoms with E-state index >= 15 is 0 Å². The van der Waals surface area contributed by atoms with Crippen LogP contribution in [0.1, 0.15) is 19.8 Å². The second-order valence-corrected chi connectivity index (χ2v) is 6.85. The molecule has 1 aromatic carbocycles. The molecule has 1 fully saturated rings. The molecule has 5 heteroatoms. The van der Waals surface area contributed by atoms with Crippen LogP contribution in [0.15, 0.2) is 35.2 Å². The highest BCUT2D eigenvalue weighted by atomic mass is 32.2. The molecule has 0 atom stereocenters. The topological polar surface area (TPSA) is 40.6 Å². The van der Waals surface area contributed by atoms with Crippen molar-refractivity contribution in [2.45, 2.75) is 24.7 Å². The largest absolute Gasteiger partial charge is 0.302 e. The molecule has 4 nitrogen and oxygen atoms in total. The van der Waals surface area contributed by atoms with Crippen molar-refractivity contribution >= 4 is 10.0 Å². The minimum absolute atomic E-state index is 0.402. The molecule has 1 heterocycles. The molecule has 0 aliphatic carbocycles. The lowest BCUT2D eigenvalue weighted by molar-refractivity contribution is 0.287. The molecule has 1 aliphatic heterocycles. The van der Waals surface area contributed by atoms with Gasteiger partial charge < -0.3 is 4.90 Å². The van der Waals surface area contributed by atoms with Gasteiger partial charge in [0.25, 0.3) is 0 Å². The van der Waals surface area contributed by atoms with E-state index < -0.39 is 10.0 Å². The van der Waals surface area contributed by atoms with Crippen LogP contribution >= 0.6 is 0 Å². The van der Waals surface area contributed by atoms with Gasteiger partial charge in [0.05, 0.1) is 4.90 Å². The van der Waals surface area contributed by atoms with Crippen LogP contribution in [0.5, 0.6) is 0 Å². The van der Waals surface area contributed by atoms with Gasteiger partial charge in [-0.25, -0.2) is 8.42 Å². The Labute approximate surface area is 116 Å². The predicted molar refractivity (Wildman–Crippen MR) is 76.5 cm³/mol. The van der Waals surface area contributed by atoms with Crippen LogP contribution in [0.2, 0.25) is 0 Å². The molecular formula is C14H22N2O2S. The second-order valence-electron chi connectivity index (χ2n) is 4.91. The summed E-state index contributed by atoms with van der Waals surface area (Å²) in [5.74, 6) is 0. The van der Waals surface area contributed by atoms with Crippen molar-refractivity contribution in [3.8, 4) is 0 Å². The average Bonchev–Trinajstić information content (AvgIpc) is 2.66. The highest BCUT2D eigenvalue weighted by Crippen LogP contribution is 2.17. The van der Waals surface area contributed by atoms with E-state index in [-0.39, 0.29) is 0 Å². The molecule has 19 heavy (non-hydrogen) atoms. The normalized spacial score (nSPS) is 19.2. The van der Waals surface area contributed by atoms with E-state index in [1.165, 1.54) is 0 Å². The Morgan fingerprint density at radius 3 is 2.47 bits per heavy atom. The lowest BCUT2D eigenvalue weighted by Crippen LogP contribution is -2.35. The first kappa shape index (κ1) is 14.5. The Kier molecular flexibility index (Phi) is 4.96. The van der Waals surface area contributed by atoms with Gasteiger partial charge in [-0.2, -0.15) is 4.31 Å². The van der Waals surface area contributed by atoms with Gasteiger partial charge in [0.2, 0.25) is 10.0 Å². The van der Waals surface area contributed by atoms with E-state index in [1.54, 1.807) is 28.6 Å². The summed E-state index contributed by atoms with van der Waals surface area (Å²) < 4.78 is 26.6. The third-order valence-corrected chi connectivity index (χ3v) is 5.38. The number of benzene rings is 1. The Morgan fingerprint density at radius 2 is 1.79 bits per heavy atom. The Balaban J connectivity index is 2.10. The van der Waals surface area contributed by atoms with Crippen LogP contribution in [-0.4, -0.2) is 50.3 Å². The highest BCUT2D eigenvalue weighted by Gasteiger charge is 2.26. The molecule has 106 valence electrons. The molecule has 0 spiro atoms. The maximum atomic E-state index is 12.5. The van der Waals surface area contributed by atoms with Gasteiger partial charge in [-0.3, -0.25) is 0 Å². The standard InChI is InChI=1S/C14H22N2O2S/c1-2-9-15-10-6-11-16(13-12-15)19(17,18)14-7-4-3-5-8-14/h3-5,7-8H,2,6,9-13H2,1H3. The van der Waals surface area contributed by atoms with Gasteiger partial charge in [0.15, 0.2) is 0 Å². The summed E-state index contributed by atoms with van der Waals surface area (Å²) in [5.41, 5.74) is 0. The minimum atomic E-state index is -3.32. The first-order valence-electron chi connectivity index (χ1n) is 6.92. The monoisotopic (exact) mass is 282 g/mol. The summed E-state index contributed by atoms with van der Waals surface area (Å²) in [6, 6.07) is 8.72. The maximum absolute atomic E-state index is 12.5. The zero-order chi connectivity index (χ0) is 13.7. The van der Waals surface area contributed by atoms with Gasteiger partial charge in [-0.05, 0) is 38.1 Å². The SMILES string of the molecule is CCCN1CCCN(S(=O)(=O)c2ccccc2)CC1. The third-order valence-electron chi connectivity index (χ3n) is 3.47. The molecule has 0 saturated carbocycles. The third kappa shape index (κ3) is 3.55. The summed E-state index contributed by atoms with van der Waals surface area (Å²) in [7, 11) is -3.32. The van der Waals surface area contributed by atoms with E-state index in [0.717, 1.165) is 32.5 Å². The van der Waals surface area contributed by atoms with Crippen LogP contribution in [0, 0.1) is 0 Å². The zero-order valence-electron chi connectivity index (χ0n) is 11.5. The maximum Gasteiger partial charge on any atom is 0.243 e. The Bertz CT molecular complexity index is 487. The highest BCUT2D eigenvalue weighted by molar-refractivity contribution is 7.89. The zero-order valence-corrected chi connectivity index (χ0v) is 12.3. The number of rotatable bonds is 4. The molecule has 1 aliphatic rings. The smallest absolute Gasteiger partial charge is 0.243 e. The first-order chi connectivity index (χ1) is 9.14. The average molecular weight is 282 g/mol. The predicted octanol–water partition coefficient (Wildman–Crippen LogP) is 1.79. The van der Waals surface area contributed by atoms with E-state index in [1.807, 2.05) is 6.07 Å². The molecule has 0 unspecified atom stereocenters. The van der Waals surface area contributed by atoms with Crippen molar-refractivity contribution in [1.82, 2.24) is 9.21 Å².